The molecule has 1 unspecified atom stereocenters. The lowest BCUT2D eigenvalue weighted by Gasteiger charge is -2.23. The van der Waals surface area contributed by atoms with E-state index in [9.17, 15) is 0 Å². The fourth-order valence-corrected chi connectivity index (χ4v) is 2.06. The van der Waals surface area contributed by atoms with Crippen LogP contribution in [0, 0.1) is 11.3 Å². The molecule has 3 nitrogen and oxygen atoms in total. The van der Waals surface area contributed by atoms with Gasteiger partial charge in [-0.15, -0.1) is 12.4 Å². The zero-order valence-electron chi connectivity index (χ0n) is 10.4. The SMILES string of the molecule is Cl.N#Cc1ccc(COCC2CCCCN2)cc1. The van der Waals surface area contributed by atoms with E-state index in [1.807, 2.05) is 24.3 Å². The number of rotatable bonds is 4. The summed E-state index contributed by atoms with van der Waals surface area (Å²) in [5.74, 6) is 0. The first-order chi connectivity index (χ1) is 8.38. The van der Waals surface area contributed by atoms with E-state index in [-0.39, 0.29) is 12.4 Å². The Morgan fingerprint density at radius 1 is 1.28 bits per heavy atom. The molecule has 18 heavy (non-hydrogen) atoms. The highest BCUT2D eigenvalue weighted by atomic mass is 35.5. The average Bonchev–Trinajstić information content (AvgIpc) is 2.41. The Bertz CT molecular complexity index is 380. The molecule has 4 heteroatoms. The van der Waals surface area contributed by atoms with Crippen molar-refractivity contribution in [3.63, 3.8) is 0 Å². The molecule has 0 spiro atoms. The predicted octanol–water partition coefficient (Wildman–Crippen LogP) is 2.64. The van der Waals surface area contributed by atoms with Crippen LogP contribution in [0.3, 0.4) is 0 Å². The number of benzene rings is 1. The number of halogens is 1. The van der Waals surface area contributed by atoms with Crippen LogP contribution in [-0.2, 0) is 11.3 Å². The molecule has 1 atom stereocenters. The molecular formula is C14H19ClN2O. The summed E-state index contributed by atoms with van der Waals surface area (Å²) < 4.78 is 5.69. The van der Waals surface area contributed by atoms with Gasteiger partial charge in [-0.2, -0.15) is 5.26 Å². The third-order valence-corrected chi connectivity index (χ3v) is 3.08. The molecule has 0 aliphatic carbocycles. The zero-order valence-corrected chi connectivity index (χ0v) is 11.2. The van der Waals surface area contributed by atoms with Gasteiger partial charge in [-0.3, -0.25) is 0 Å². The minimum atomic E-state index is 0. The maximum absolute atomic E-state index is 8.69. The molecule has 98 valence electrons. The van der Waals surface area contributed by atoms with Gasteiger partial charge in [0.15, 0.2) is 0 Å². The van der Waals surface area contributed by atoms with Gasteiger partial charge in [-0.1, -0.05) is 18.6 Å². The standard InChI is InChI=1S/C14H18N2O.ClH/c15-9-12-4-6-13(7-5-12)10-17-11-14-3-1-2-8-16-14;/h4-7,14,16H,1-3,8,10-11H2;1H. The summed E-state index contributed by atoms with van der Waals surface area (Å²) in [5, 5.41) is 12.1. The van der Waals surface area contributed by atoms with Gasteiger partial charge in [0, 0.05) is 6.04 Å². The van der Waals surface area contributed by atoms with E-state index in [2.05, 4.69) is 11.4 Å². The lowest BCUT2D eigenvalue weighted by Crippen LogP contribution is -2.37. The molecular weight excluding hydrogens is 248 g/mol. The Morgan fingerprint density at radius 3 is 2.67 bits per heavy atom. The van der Waals surface area contributed by atoms with Crippen LogP contribution in [0.5, 0.6) is 0 Å². The van der Waals surface area contributed by atoms with Crippen LogP contribution >= 0.6 is 12.4 Å². The fourth-order valence-electron chi connectivity index (χ4n) is 2.06. The molecule has 0 amide bonds. The van der Waals surface area contributed by atoms with Gasteiger partial charge in [-0.25, -0.2) is 0 Å². The second kappa shape index (κ2) is 8.10. The summed E-state index contributed by atoms with van der Waals surface area (Å²) in [6.07, 6.45) is 3.80. The van der Waals surface area contributed by atoms with Crippen molar-refractivity contribution in [2.24, 2.45) is 0 Å². The molecule has 1 aliphatic heterocycles. The van der Waals surface area contributed by atoms with E-state index < -0.39 is 0 Å². The van der Waals surface area contributed by atoms with Gasteiger partial charge in [0.05, 0.1) is 24.8 Å². The van der Waals surface area contributed by atoms with Crippen molar-refractivity contribution in [3.8, 4) is 6.07 Å². The highest BCUT2D eigenvalue weighted by Crippen LogP contribution is 2.09. The molecule has 0 aromatic heterocycles. The molecule has 1 aliphatic rings. The van der Waals surface area contributed by atoms with E-state index in [0.29, 0.717) is 18.2 Å². The zero-order chi connectivity index (χ0) is 11.9. The third-order valence-electron chi connectivity index (χ3n) is 3.08. The lowest BCUT2D eigenvalue weighted by atomic mass is 10.1. The summed E-state index contributed by atoms with van der Waals surface area (Å²) in [6.45, 7) is 2.52. The van der Waals surface area contributed by atoms with E-state index in [1.54, 1.807) is 0 Å². The van der Waals surface area contributed by atoms with Gasteiger partial charge in [0.1, 0.15) is 0 Å². The Morgan fingerprint density at radius 2 is 2.06 bits per heavy atom. The summed E-state index contributed by atoms with van der Waals surface area (Å²) in [7, 11) is 0. The molecule has 1 fully saturated rings. The van der Waals surface area contributed by atoms with Crippen LogP contribution < -0.4 is 5.32 Å². The van der Waals surface area contributed by atoms with Crippen molar-refractivity contribution >= 4 is 12.4 Å². The van der Waals surface area contributed by atoms with E-state index in [1.165, 1.54) is 19.3 Å². The average molecular weight is 267 g/mol. The number of piperidine rings is 1. The van der Waals surface area contributed by atoms with E-state index in [0.717, 1.165) is 18.7 Å². The minimum Gasteiger partial charge on any atom is -0.375 e. The fraction of sp³-hybridized carbons (Fsp3) is 0.500. The Hall–Kier alpha value is -1.08. The molecule has 1 aromatic carbocycles. The van der Waals surface area contributed by atoms with Crippen LogP contribution in [-0.4, -0.2) is 19.2 Å². The first-order valence-corrected chi connectivity index (χ1v) is 6.18. The molecule has 1 saturated heterocycles. The monoisotopic (exact) mass is 266 g/mol. The molecule has 1 heterocycles. The Balaban J connectivity index is 0.00000162. The number of hydrogen-bond donors (Lipinski definition) is 1. The molecule has 2 rings (SSSR count). The summed E-state index contributed by atoms with van der Waals surface area (Å²) in [5.41, 5.74) is 1.82. The van der Waals surface area contributed by atoms with Crippen molar-refractivity contribution < 1.29 is 4.74 Å². The van der Waals surface area contributed by atoms with Crippen molar-refractivity contribution in [2.45, 2.75) is 31.9 Å². The van der Waals surface area contributed by atoms with Crippen molar-refractivity contribution in [1.29, 1.82) is 5.26 Å². The summed E-state index contributed by atoms with van der Waals surface area (Å²) in [6, 6.07) is 10.2. The Kier molecular flexibility index (Phi) is 6.74. The second-order valence-electron chi connectivity index (χ2n) is 4.47. The quantitative estimate of drug-likeness (QED) is 0.911. The number of nitriles is 1. The number of ether oxygens (including phenoxy) is 1. The second-order valence-corrected chi connectivity index (χ2v) is 4.47. The van der Waals surface area contributed by atoms with Crippen molar-refractivity contribution in [3.05, 3.63) is 35.4 Å². The van der Waals surface area contributed by atoms with Crippen molar-refractivity contribution in [2.75, 3.05) is 13.2 Å². The van der Waals surface area contributed by atoms with Crippen molar-refractivity contribution in [1.82, 2.24) is 5.32 Å². The molecule has 1 aromatic rings. The third kappa shape index (κ3) is 4.66. The van der Waals surface area contributed by atoms with Gasteiger partial charge in [0.2, 0.25) is 0 Å². The van der Waals surface area contributed by atoms with Crippen LogP contribution in [0.15, 0.2) is 24.3 Å². The molecule has 1 N–H and O–H groups in total. The van der Waals surface area contributed by atoms with E-state index in [4.69, 9.17) is 10.00 Å². The first-order valence-electron chi connectivity index (χ1n) is 6.18. The highest BCUT2D eigenvalue weighted by molar-refractivity contribution is 5.85. The minimum absolute atomic E-state index is 0. The topological polar surface area (TPSA) is 45.0 Å². The van der Waals surface area contributed by atoms with Gasteiger partial charge in [0.25, 0.3) is 0 Å². The van der Waals surface area contributed by atoms with Gasteiger partial charge in [-0.05, 0) is 37.1 Å². The molecule has 0 radical (unpaired) electrons. The van der Waals surface area contributed by atoms with Gasteiger partial charge >= 0.3 is 0 Å². The van der Waals surface area contributed by atoms with Crippen LogP contribution in [0.4, 0.5) is 0 Å². The first kappa shape index (κ1) is 15.0. The Labute approximate surface area is 115 Å². The number of nitrogens with one attached hydrogen (secondary N) is 1. The summed E-state index contributed by atoms with van der Waals surface area (Å²) >= 11 is 0. The molecule has 0 saturated carbocycles. The van der Waals surface area contributed by atoms with Crippen LogP contribution in [0.2, 0.25) is 0 Å². The number of hydrogen-bond acceptors (Lipinski definition) is 3. The van der Waals surface area contributed by atoms with Crippen LogP contribution in [0.1, 0.15) is 30.4 Å². The normalized spacial score (nSPS) is 18.7. The maximum atomic E-state index is 8.69. The van der Waals surface area contributed by atoms with Gasteiger partial charge < -0.3 is 10.1 Å². The largest absolute Gasteiger partial charge is 0.375 e. The van der Waals surface area contributed by atoms with E-state index >= 15 is 0 Å². The smallest absolute Gasteiger partial charge is 0.0991 e. The van der Waals surface area contributed by atoms with Crippen LogP contribution in [0.25, 0.3) is 0 Å². The highest BCUT2D eigenvalue weighted by Gasteiger charge is 2.11. The molecule has 0 bridgehead atoms. The number of nitrogens with zero attached hydrogens (tertiary/aromatic N) is 1. The lowest BCUT2D eigenvalue weighted by molar-refractivity contribution is 0.0911. The maximum Gasteiger partial charge on any atom is 0.0991 e. The predicted molar refractivity (Wildman–Crippen MR) is 73.7 cm³/mol. The summed E-state index contributed by atoms with van der Waals surface area (Å²) in [4.78, 5) is 0.